The van der Waals surface area contributed by atoms with Crippen LogP contribution >= 0.6 is 11.5 Å². The van der Waals surface area contributed by atoms with Gasteiger partial charge in [-0.1, -0.05) is 68.9 Å². The lowest BCUT2D eigenvalue weighted by Gasteiger charge is -2.21. The lowest BCUT2D eigenvalue weighted by atomic mass is 10.1. The Labute approximate surface area is 185 Å². The second-order valence-corrected chi connectivity index (χ2v) is 9.13. The van der Waals surface area contributed by atoms with E-state index in [1.165, 1.54) is 54.8 Å². The average Bonchev–Trinajstić information content (AvgIpc) is 3.06. The third-order valence-corrected chi connectivity index (χ3v) is 6.62. The quantitative estimate of drug-likeness (QED) is 0.486. The van der Waals surface area contributed by atoms with Crippen LogP contribution in [0.5, 0.6) is 0 Å². The molecule has 1 amide bonds. The highest BCUT2D eigenvalue weighted by atomic mass is 32.1. The number of carbonyl (C=O) groups excluding carboxylic acids is 1. The first-order valence-electron chi connectivity index (χ1n) is 11.6. The fraction of sp³-hybridized carbons (Fsp3) is 0.625. The standard InChI is InChI=1S/C24H36N4OS/c1-3-4-5-6-7-8-10-23(29)27-15-9-16-28(18-17-27)24-25-22(26-30-24)19-21-13-11-20(2)12-14-21/h11-14H,3-10,15-19H2,1-2H3. The fourth-order valence-corrected chi connectivity index (χ4v) is 4.64. The summed E-state index contributed by atoms with van der Waals surface area (Å²) in [5.41, 5.74) is 2.51. The van der Waals surface area contributed by atoms with Crippen LogP contribution in [0.2, 0.25) is 0 Å². The molecule has 164 valence electrons. The third-order valence-electron chi connectivity index (χ3n) is 5.80. The van der Waals surface area contributed by atoms with E-state index in [-0.39, 0.29) is 0 Å². The summed E-state index contributed by atoms with van der Waals surface area (Å²) in [5, 5.41) is 0.988. The summed E-state index contributed by atoms with van der Waals surface area (Å²) in [6, 6.07) is 8.56. The van der Waals surface area contributed by atoms with Crippen molar-refractivity contribution in [2.24, 2.45) is 0 Å². The molecule has 30 heavy (non-hydrogen) atoms. The maximum Gasteiger partial charge on any atom is 0.222 e. The van der Waals surface area contributed by atoms with E-state index in [1.54, 1.807) is 0 Å². The Morgan fingerprint density at radius 2 is 1.77 bits per heavy atom. The molecule has 1 fully saturated rings. The van der Waals surface area contributed by atoms with Crippen molar-refractivity contribution in [1.29, 1.82) is 0 Å². The van der Waals surface area contributed by atoms with Gasteiger partial charge in [-0.25, -0.2) is 4.98 Å². The molecule has 5 nitrogen and oxygen atoms in total. The summed E-state index contributed by atoms with van der Waals surface area (Å²) in [6.07, 6.45) is 9.82. The van der Waals surface area contributed by atoms with Crippen molar-refractivity contribution in [3.8, 4) is 0 Å². The zero-order valence-corrected chi connectivity index (χ0v) is 19.4. The first-order valence-corrected chi connectivity index (χ1v) is 12.3. The van der Waals surface area contributed by atoms with Crippen LogP contribution in [0.15, 0.2) is 24.3 Å². The summed E-state index contributed by atoms with van der Waals surface area (Å²) in [6.45, 7) is 7.78. The van der Waals surface area contributed by atoms with Crippen LogP contribution in [0.1, 0.15) is 75.2 Å². The Kier molecular flexibility index (Phi) is 9.12. The van der Waals surface area contributed by atoms with Crippen LogP contribution < -0.4 is 4.90 Å². The van der Waals surface area contributed by atoms with Gasteiger partial charge >= 0.3 is 0 Å². The smallest absolute Gasteiger partial charge is 0.222 e. The largest absolute Gasteiger partial charge is 0.345 e. The second kappa shape index (κ2) is 12.0. The van der Waals surface area contributed by atoms with Gasteiger partial charge in [-0.2, -0.15) is 4.37 Å². The molecule has 0 N–H and O–H groups in total. The van der Waals surface area contributed by atoms with Crippen LogP contribution in [0.3, 0.4) is 0 Å². The molecule has 0 radical (unpaired) electrons. The zero-order chi connectivity index (χ0) is 21.2. The van der Waals surface area contributed by atoms with Crippen LogP contribution in [0.4, 0.5) is 5.13 Å². The van der Waals surface area contributed by atoms with E-state index in [2.05, 4.69) is 52.3 Å². The normalized spacial score (nSPS) is 14.7. The van der Waals surface area contributed by atoms with Crippen LogP contribution in [0, 0.1) is 6.92 Å². The molecule has 0 bridgehead atoms. The Morgan fingerprint density at radius 1 is 1.00 bits per heavy atom. The van der Waals surface area contributed by atoms with E-state index < -0.39 is 0 Å². The van der Waals surface area contributed by atoms with E-state index in [9.17, 15) is 4.79 Å². The van der Waals surface area contributed by atoms with E-state index in [1.807, 2.05) is 0 Å². The molecule has 0 unspecified atom stereocenters. The monoisotopic (exact) mass is 428 g/mol. The first kappa shape index (κ1) is 22.7. The van der Waals surface area contributed by atoms with Gasteiger partial charge in [0.2, 0.25) is 11.0 Å². The van der Waals surface area contributed by atoms with Crippen molar-refractivity contribution < 1.29 is 4.79 Å². The highest BCUT2D eigenvalue weighted by Crippen LogP contribution is 2.21. The minimum absolute atomic E-state index is 0.324. The van der Waals surface area contributed by atoms with Gasteiger partial charge in [0.25, 0.3) is 0 Å². The van der Waals surface area contributed by atoms with Gasteiger partial charge in [-0.05, 0) is 25.3 Å². The number of aryl methyl sites for hydroxylation is 1. The summed E-state index contributed by atoms with van der Waals surface area (Å²) >= 11 is 1.48. The van der Waals surface area contributed by atoms with E-state index in [4.69, 9.17) is 4.98 Å². The second-order valence-electron chi connectivity index (χ2n) is 8.39. The molecule has 1 saturated heterocycles. The number of amides is 1. The number of hydrogen-bond donors (Lipinski definition) is 0. The van der Waals surface area contributed by atoms with E-state index >= 15 is 0 Å². The summed E-state index contributed by atoms with van der Waals surface area (Å²) in [7, 11) is 0. The molecule has 1 aliphatic heterocycles. The lowest BCUT2D eigenvalue weighted by Crippen LogP contribution is -2.35. The minimum atomic E-state index is 0.324. The molecule has 1 aliphatic rings. The van der Waals surface area contributed by atoms with E-state index in [0.717, 1.165) is 56.4 Å². The van der Waals surface area contributed by atoms with Crippen molar-refractivity contribution in [3.63, 3.8) is 0 Å². The zero-order valence-electron chi connectivity index (χ0n) is 18.6. The molecule has 2 aromatic rings. The number of hydrogen-bond acceptors (Lipinski definition) is 5. The molecule has 1 aromatic carbocycles. The highest BCUT2D eigenvalue weighted by molar-refractivity contribution is 7.09. The summed E-state index contributed by atoms with van der Waals surface area (Å²) in [4.78, 5) is 21.7. The predicted octanol–water partition coefficient (Wildman–Crippen LogP) is 5.23. The average molecular weight is 429 g/mol. The van der Waals surface area contributed by atoms with Gasteiger partial charge in [-0.3, -0.25) is 4.79 Å². The Hall–Kier alpha value is -1.95. The maximum atomic E-state index is 12.6. The Balaban J connectivity index is 1.44. The van der Waals surface area contributed by atoms with Gasteiger partial charge in [-0.15, -0.1) is 0 Å². The van der Waals surface area contributed by atoms with Crippen molar-refractivity contribution in [2.75, 3.05) is 31.1 Å². The maximum absolute atomic E-state index is 12.6. The third kappa shape index (κ3) is 7.08. The minimum Gasteiger partial charge on any atom is -0.345 e. The van der Waals surface area contributed by atoms with E-state index in [0.29, 0.717) is 12.3 Å². The van der Waals surface area contributed by atoms with Gasteiger partial charge in [0.05, 0.1) is 0 Å². The number of benzene rings is 1. The van der Waals surface area contributed by atoms with Crippen LogP contribution in [0.25, 0.3) is 0 Å². The molecule has 0 saturated carbocycles. The molecule has 0 atom stereocenters. The number of anilines is 1. The molecule has 0 aliphatic carbocycles. The predicted molar refractivity (Wildman–Crippen MR) is 125 cm³/mol. The van der Waals surface area contributed by atoms with Crippen LogP contribution in [-0.2, 0) is 11.2 Å². The number of unbranched alkanes of at least 4 members (excludes halogenated alkanes) is 5. The van der Waals surface area contributed by atoms with Crippen molar-refractivity contribution >= 4 is 22.6 Å². The first-order chi connectivity index (χ1) is 14.7. The number of aromatic nitrogens is 2. The van der Waals surface area contributed by atoms with Crippen molar-refractivity contribution in [2.45, 2.75) is 71.6 Å². The summed E-state index contributed by atoms with van der Waals surface area (Å²) < 4.78 is 4.57. The van der Waals surface area contributed by atoms with Crippen molar-refractivity contribution in [3.05, 3.63) is 41.2 Å². The Bertz CT molecular complexity index is 774. The number of rotatable bonds is 10. The SMILES string of the molecule is CCCCCCCCC(=O)N1CCCN(c2nc(Cc3ccc(C)cc3)ns2)CC1. The molecule has 2 heterocycles. The molecule has 6 heteroatoms. The topological polar surface area (TPSA) is 49.3 Å². The number of nitrogens with zero attached hydrogens (tertiary/aromatic N) is 4. The van der Waals surface area contributed by atoms with Crippen LogP contribution in [-0.4, -0.2) is 46.3 Å². The highest BCUT2D eigenvalue weighted by Gasteiger charge is 2.21. The molecule has 1 aromatic heterocycles. The van der Waals surface area contributed by atoms with Gasteiger partial charge in [0.1, 0.15) is 5.82 Å². The van der Waals surface area contributed by atoms with Gasteiger partial charge in [0.15, 0.2) is 0 Å². The van der Waals surface area contributed by atoms with Gasteiger partial charge < -0.3 is 9.80 Å². The fourth-order valence-electron chi connectivity index (χ4n) is 3.91. The van der Waals surface area contributed by atoms with Gasteiger partial charge in [0, 0.05) is 50.6 Å². The number of carbonyl (C=O) groups is 1. The Morgan fingerprint density at radius 3 is 2.57 bits per heavy atom. The molecular formula is C24H36N4OS. The molecule has 3 rings (SSSR count). The molecule has 0 spiro atoms. The lowest BCUT2D eigenvalue weighted by molar-refractivity contribution is -0.131. The van der Waals surface area contributed by atoms with Crippen molar-refractivity contribution in [1.82, 2.24) is 14.3 Å². The molecular weight excluding hydrogens is 392 g/mol. The summed E-state index contributed by atoms with van der Waals surface area (Å²) in [5.74, 6) is 1.21.